The van der Waals surface area contributed by atoms with Gasteiger partial charge >= 0.3 is 0 Å². The van der Waals surface area contributed by atoms with E-state index in [1.165, 1.54) is 12.1 Å². The average molecular weight is 327 g/mol. The monoisotopic (exact) mass is 327 g/mol. The first kappa shape index (κ1) is 14.3. The fourth-order valence-corrected chi connectivity index (χ4v) is 4.43. The lowest BCUT2D eigenvalue weighted by atomic mass is 10.1. The molecule has 0 aliphatic heterocycles. The number of hydrogen-bond donors (Lipinski definition) is 2. The van der Waals surface area contributed by atoms with Crippen molar-refractivity contribution in [2.75, 3.05) is 16.2 Å². The summed E-state index contributed by atoms with van der Waals surface area (Å²) in [6.45, 7) is 0. The zero-order valence-electron chi connectivity index (χ0n) is 11.0. The molecule has 0 amide bonds. The first-order chi connectivity index (χ1) is 9.93. The Morgan fingerprint density at radius 3 is 2.86 bits per heavy atom. The Bertz CT molecular complexity index is 769. The third kappa shape index (κ3) is 3.51. The van der Waals surface area contributed by atoms with Gasteiger partial charge in [0.25, 0.3) is 0 Å². The summed E-state index contributed by atoms with van der Waals surface area (Å²) in [5, 5.41) is 1.87. The van der Waals surface area contributed by atoms with E-state index in [0.29, 0.717) is 16.9 Å². The van der Waals surface area contributed by atoms with E-state index in [9.17, 15) is 12.8 Å². The second kappa shape index (κ2) is 5.27. The number of thiazole rings is 1. The number of nitrogens with zero attached hydrogens (tertiary/aromatic N) is 1. The second-order valence-electron chi connectivity index (χ2n) is 5.10. The van der Waals surface area contributed by atoms with Crippen molar-refractivity contribution in [2.45, 2.75) is 12.8 Å². The molecule has 1 heterocycles. The lowest BCUT2D eigenvalue weighted by Crippen LogP contribution is -2.17. The Morgan fingerprint density at radius 2 is 2.19 bits per heavy atom. The Hall–Kier alpha value is -1.67. The largest absolute Gasteiger partial charge is 0.399 e. The number of hydrogen-bond acceptors (Lipinski definition) is 5. The molecule has 0 radical (unpaired) electrons. The molecule has 112 valence electrons. The van der Waals surface area contributed by atoms with Crippen LogP contribution in [0.2, 0.25) is 0 Å². The van der Waals surface area contributed by atoms with Crippen LogP contribution in [0.3, 0.4) is 0 Å². The smallest absolute Gasteiger partial charge is 0.234 e. The van der Waals surface area contributed by atoms with Crippen molar-refractivity contribution in [1.82, 2.24) is 4.98 Å². The maximum atomic E-state index is 13.8. The lowest BCUT2D eigenvalue weighted by molar-refractivity contribution is 0.597. The predicted octanol–water partition coefficient (Wildman–Crippen LogP) is 2.68. The van der Waals surface area contributed by atoms with Gasteiger partial charge in [0.2, 0.25) is 10.0 Å². The molecular weight excluding hydrogens is 313 g/mol. The van der Waals surface area contributed by atoms with E-state index >= 15 is 0 Å². The molecule has 0 atom stereocenters. The number of aromatic nitrogens is 1. The minimum absolute atomic E-state index is 0.123. The molecule has 1 aromatic heterocycles. The van der Waals surface area contributed by atoms with Gasteiger partial charge in [0, 0.05) is 16.6 Å². The second-order valence-corrected chi connectivity index (χ2v) is 7.73. The zero-order chi connectivity index (χ0) is 15.0. The van der Waals surface area contributed by atoms with Crippen LogP contribution in [0.25, 0.3) is 11.3 Å². The summed E-state index contributed by atoms with van der Waals surface area (Å²) >= 11 is 1.13. The number of nitrogen functional groups attached to an aromatic ring is 1. The highest BCUT2D eigenvalue weighted by molar-refractivity contribution is 7.92. The molecule has 3 N–H and O–H groups in total. The minimum Gasteiger partial charge on any atom is -0.399 e. The molecule has 3 rings (SSSR count). The first-order valence-corrected chi connectivity index (χ1v) is 8.97. The van der Waals surface area contributed by atoms with Crippen LogP contribution in [0.1, 0.15) is 12.8 Å². The summed E-state index contributed by atoms with van der Waals surface area (Å²) in [6, 6.07) is 4.32. The van der Waals surface area contributed by atoms with Gasteiger partial charge in [-0.15, -0.1) is 11.3 Å². The standard InChI is InChI=1S/C13H14FN3O2S2/c14-11-5-9(15)3-4-10(11)12-6-20-13(16-12)17-21(18,19)7-8-1-2-8/h3-6,8H,1-2,7,15H2,(H,16,17). The van der Waals surface area contributed by atoms with Crippen LogP contribution in [-0.4, -0.2) is 19.2 Å². The highest BCUT2D eigenvalue weighted by Gasteiger charge is 2.28. The summed E-state index contributed by atoms with van der Waals surface area (Å²) in [7, 11) is -3.37. The van der Waals surface area contributed by atoms with Gasteiger partial charge in [-0.05, 0) is 37.0 Å². The molecule has 1 aliphatic carbocycles. The number of sulfonamides is 1. The predicted molar refractivity (Wildman–Crippen MR) is 82.1 cm³/mol. The Morgan fingerprint density at radius 1 is 1.43 bits per heavy atom. The van der Waals surface area contributed by atoms with E-state index in [1.807, 2.05) is 0 Å². The van der Waals surface area contributed by atoms with Gasteiger partial charge in [-0.3, -0.25) is 4.72 Å². The van der Waals surface area contributed by atoms with Crippen molar-refractivity contribution in [2.24, 2.45) is 5.92 Å². The van der Waals surface area contributed by atoms with E-state index in [1.54, 1.807) is 11.4 Å². The fraction of sp³-hybridized carbons (Fsp3) is 0.308. The van der Waals surface area contributed by atoms with Crippen LogP contribution in [0.4, 0.5) is 15.2 Å². The van der Waals surface area contributed by atoms with Crippen molar-refractivity contribution in [3.8, 4) is 11.3 Å². The van der Waals surface area contributed by atoms with E-state index in [2.05, 4.69) is 9.71 Å². The van der Waals surface area contributed by atoms with Gasteiger partial charge in [-0.2, -0.15) is 0 Å². The van der Waals surface area contributed by atoms with Crippen molar-refractivity contribution in [1.29, 1.82) is 0 Å². The molecule has 1 aromatic carbocycles. The van der Waals surface area contributed by atoms with E-state index < -0.39 is 15.8 Å². The van der Waals surface area contributed by atoms with E-state index in [-0.39, 0.29) is 16.8 Å². The summed E-state index contributed by atoms with van der Waals surface area (Å²) in [5.74, 6) is -0.0952. The van der Waals surface area contributed by atoms with Gasteiger partial charge in [0.1, 0.15) is 5.82 Å². The molecular formula is C13H14FN3O2S2. The summed E-state index contributed by atoms with van der Waals surface area (Å²) in [6.07, 6.45) is 1.92. The number of nitrogens with two attached hydrogens (primary N) is 1. The molecule has 1 saturated carbocycles. The van der Waals surface area contributed by atoms with E-state index in [0.717, 1.165) is 24.2 Å². The Balaban J connectivity index is 1.79. The first-order valence-electron chi connectivity index (χ1n) is 6.44. The third-order valence-corrected chi connectivity index (χ3v) is 5.47. The highest BCUT2D eigenvalue weighted by Crippen LogP contribution is 2.32. The normalized spacial score (nSPS) is 15.1. The van der Waals surface area contributed by atoms with Crippen molar-refractivity contribution in [3.05, 3.63) is 29.4 Å². The Labute approximate surface area is 126 Å². The number of nitrogens with one attached hydrogen (secondary N) is 1. The van der Waals surface area contributed by atoms with Crippen molar-refractivity contribution in [3.63, 3.8) is 0 Å². The number of halogens is 1. The molecule has 5 nitrogen and oxygen atoms in total. The van der Waals surface area contributed by atoms with Gasteiger partial charge in [-0.25, -0.2) is 17.8 Å². The molecule has 0 spiro atoms. The van der Waals surface area contributed by atoms with E-state index in [4.69, 9.17) is 5.73 Å². The minimum atomic E-state index is -3.37. The van der Waals surface area contributed by atoms with Gasteiger partial charge < -0.3 is 5.73 Å². The molecule has 0 bridgehead atoms. The number of benzene rings is 1. The lowest BCUT2D eigenvalue weighted by Gasteiger charge is -2.03. The molecule has 0 unspecified atom stereocenters. The Kier molecular flexibility index (Phi) is 3.58. The molecule has 1 aliphatic rings. The van der Waals surface area contributed by atoms with Crippen LogP contribution >= 0.6 is 11.3 Å². The molecule has 1 fully saturated rings. The van der Waals surface area contributed by atoms with Gasteiger partial charge in [0.05, 0.1) is 11.4 Å². The quantitative estimate of drug-likeness (QED) is 0.827. The zero-order valence-corrected chi connectivity index (χ0v) is 12.7. The summed E-state index contributed by atoms with van der Waals surface area (Å²) in [5.41, 5.74) is 6.52. The fourth-order valence-electron chi connectivity index (χ4n) is 1.95. The van der Waals surface area contributed by atoms with Gasteiger partial charge in [-0.1, -0.05) is 0 Å². The van der Waals surface area contributed by atoms with Crippen LogP contribution in [0.15, 0.2) is 23.6 Å². The van der Waals surface area contributed by atoms with Crippen molar-refractivity contribution >= 4 is 32.2 Å². The van der Waals surface area contributed by atoms with Crippen LogP contribution in [0, 0.1) is 11.7 Å². The highest BCUT2D eigenvalue weighted by atomic mass is 32.2. The van der Waals surface area contributed by atoms with Crippen LogP contribution in [-0.2, 0) is 10.0 Å². The molecule has 8 heteroatoms. The third-order valence-electron chi connectivity index (χ3n) is 3.17. The number of anilines is 2. The molecule has 0 saturated heterocycles. The van der Waals surface area contributed by atoms with Gasteiger partial charge in [0.15, 0.2) is 5.13 Å². The number of rotatable bonds is 5. The van der Waals surface area contributed by atoms with Crippen LogP contribution in [0.5, 0.6) is 0 Å². The van der Waals surface area contributed by atoms with Crippen LogP contribution < -0.4 is 10.5 Å². The SMILES string of the molecule is Nc1ccc(-c2csc(NS(=O)(=O)CC3CC3)n2)c(F)c1. The maximum absolute atomic E-state index is 13.8. The molecule has 2 aromatic rings. The topological polar surface area (TPSA) is 85.1 Å². The van der Waals surface area contributed by atoms with Crippen molar-refractivity contribution < 1.29 is 12.8 Å². The summed E-state index contributed by atoms with van der Waals surface area (Å²) in [4.78, 5) is 4.13. The summed E-state index contributed by atoms with van der Waals surface area (Å²) < 4.78 is 40.0. The molecule has 21 heavy (non-hydrogen) atoms. The maximum Gasteiger partial charge on any atom is 0.234 e. The average Bonchev–Trinajstić information content (AvgIpc) is 3.06.